The summed E-state index contributed by atoms with van der Waals surface area (Å²) in [6.45, 7) is 3.11. The maximum atomic E-state index is 5.61. The first-order valence-corrected chi connectivity index (χ1v) is 6.71. The summed E-state index contributed by atoms with van der Waals surface area (Å²) in [7, 11) is 1.97. The molecule has 0 aromatic carbocycles. The summed E-state index contributed by atoms with van der Waals surface area (Å²) in [5.41, 5.74) is 6.94. The lowest BCUT2D eigenvalue weighted by atomic mass is 9.91. The summed E-state index contributed by atoms with van der Waals surface area (Å²) in [6.07, 6.45) is 10.5. The number of aryl methyl sites for hydroxylation is 1. The summed E-state index contributed by atoms with van der Waals surface area (Å²) < 4.78 is 1.88. The van der Waals surface area contributed by atoms with Crippen molar-refractivity contribution in [2.45, 2.75) is 38.1 Å². The molecule has 0 amide bonds. The Hall–Kier alpha value is -0.870. The normalized spacial score (nSPS) is 16.4. The molecule has 17 heavy (non-hydrogen) atoms. The molecule has 0 aliphatic heterocycles. The van der Waals surface area contributed by atoms with Crippen LogP contribution in [0, 0.1) is 0 Å². The molecule has 0 bridgehead atoms. The van der Waals surface area contributed by atoms with Crippen molar-refractivity contribution < 1.29 is 0 Å². The molecule has 2 N–H and O–H groups in total. The van der Waals surface area contributed by atoms with Crippen molar-refractivity contribution in [3.63, 3.8) is 0 Å². The van der Waals surface area contributed by atoms with E-state index in [4.69, 9.17) is 5.73 Å². The molecule has 1 aromatic rings. The molecule has 0 atom stereocenters. The van der Waals surface area contributed by atoms with E-state index >= 15 is 0 Å². The average molecular weight is 236 g/mol. The van der Waals surface area contributed by atoms with E-state index < -0.39 is 0 Å². The first kappa shape index (κ1) is 12.6. The summed E-state index contributed by atoms with van der Waals surface area (Å²) in [5, 5.41) is 4.21. The van der Waals surface area contributed by atoms with Crippen molar-refractivity contribution in [2.75, 3.05) is 19.6 Å². The first-order valence-electron chi connectivity index (χ1n) is 6.71. The van der Waals surface area contributed by atoms with Crippen LogP contribution in [0.2, 0.25) is 0 Å². The second-order valence-corrected chi connectivity index (χ2v) is 5.04. The van der Waals surface area contributed by atoms with E-state index in [1.807, 2.05) is 17.9 Å². The Labute approximate surface area is 104 Å². The molecule has 1 saturated carbocycles. The van der Waals surface area contributed by atoms with Gasteiger partial charge in [0.25, 0.3) is 0 Å². The van der Waals surface area contributed by atoms with Crippen molar-refractivity contribution in [1.82, 2.24) is 14.7 Å². The minimum atomic E-state index is 0.802. The second kappa shape index (κ2) is 6.17. The molecular weight excluding hydrogens is 212 g/mol. The van der Waals surface area contributed by atoms with E-state index in [0.717, 1.165) is 38.5 Å². The Morgan fingerprint density at radius 2 is 2.29 bits per heavy atom. The molecule has 4 nitrogen and oxygen atoms in total. The number of hydrogen-bond acceptors (Lipinski definition) is 3. The Kier molecular flexibility index (Phi) is 4.57. The lowest BCUT2D eigenvalue weighted by Gasteiger charge is -2.37. The molecule has 4 heteroatoms. The molecule has 1 heterocycles. The van der Waals surface area contributed by atoms with Gasteiger partial charge in [-0.1, -0.05) is 6.42 Å². The molecule has 1 aliphatic carbocycles. The van der Waals surface area contributed by atoms with Crippen LogP contribution in [0.3, 0.4) is 0 Å². The molecule has 0 unspecified atom stereocenters. The van der Waals surface area contributed by atoms with Gasteiger partial charge in [-0.05, 0) is 44.3 Å². The van der Waals surface area contributed by atoms with Crippen molar-refractivity contribution >= 4 is 0 Å². The number of rotatable bonds is 7. The Morgan fingerprint density at radius 1 is 1.47 bits per heavy atom. The monoisotopic (exact) mass is 236 g/mol. The van der Waals surface area contributed by atoms with Crippen LogP contribution in [-0.2, 0) is 13.5 Å². The molecule has 0 saturated heterocycles. The Bertz CT molecular complexity index is 330. The summed E-state index contributed by atoms with van der Waals surface area (Å²) >= 11 is 0. The van der Waals surface area contributed by atoms with Gasteiger partial charge in [0.2, 0.25) is 0 Å². The minimum Gasteiger partial charge on any atom is -0.330 e. The highest BCUT2D eigenvalue weighted by atomic mass is 15.2. The number of nitrogens with zero attached hydrogens (tertiary/aromatic N) is 3. The first-order chi connectivity index (χ1) is 8.29. The standard InChI is InChI=1S/C13H24N4/c1-16-11-12(10-15-16)6-9-17(8-3-7-14)13-4-2-5-13/h10-11,13H,2-9,14H2,1H3. The van der Waals surface area contributed by atoms with E-state index in [9.17, 15) is 0 Å². The summed E-state index contributed by atoms with van der Waals surface area (Å²) in [4.78, 5) is 2.61. The van der Waals surface area contributed by atoms with Crippen LogP contribution in [0.5, 0.6) is 0 Å². The highest BCUT2D eigenvalue weighted by Crippen LogP contribution is 2.24. The van der Waals surface area contributed by atoms with Gasteiger partial charge in [0, 0.05) is 25.8 Å². The van der Waals surface area contributed by atoms with Gasteiger partial charge in [-0.15, -0.1) is 0 Å². The maximum Gasteiger partial charge on any atom is 0.0522 e. The van der Waals surface area contributed by atoms with Crippen molar-refractivity contribution in [3.05, 3.63) is 18.0 Å². The highest BCUT2D eigenvalue weighted by Gasteiger charge is 2.23. The highest BCUT2D eigenvalue weighted by molar-refractivity contribution is 5.04. The second-order valence-electron chi connectivity index (χ2n) is 5.04. The quantitative estimate of drug-likeness (QED) is 0.773. The van der Waals surface area contributed by atoms with Crippen LogP contribution in [0.4, 0.5) is 0 Å². The van der Waals surface area contributed by atoms with Gasteiger partial charge in [-0.2, -0.15) is 5.10 Å². The van der Waals surface area contributed by atoms with Gasteiger partial charge < -0.3 is 10.6 Å². The van der Waals surface area contributed by atoms with Crippen LogP contribution in [-0.4, -0.2) is 40.4 Å². The third kappa shape index (κ3) is 3.54. The van der Waals surface area contributed by atoms with Crippen molar-refractivity contribution in [1.29, 1.82) is 0 Å². The number of nitrogens with two attached hydrogens (primary N) is 1. The van der Waals surface area contributed by atoms with Crippen LogP contribution >= 0.6 is 0 Å². The van der Waals surface area contributed by atoms with Crippen LogP contribution in [0.25, 0.3) is 0 Å². The topological polar surface area (TPSA) is 47.1 Å². The predicted molar refractivity (Wildman–Crippen MR) is 69.8 cm³/mol. The molecule has 1 fully saturated rings. The third-order valence-electron chi connectivity index (χ3n) is 3.69. The molecule has 2 rings (SSSR count). The Balaban J connectivity index is 1.79. The minimum absolute atomic E-state index is 0.802. The number of aromatic nitrogens is 2. The van der Waals surface area contributed by atoms with Crippen LogP contribution in [0.15, 0.2) is 12.4 Å². The maximum absolute atomic E-state index is 5.61. The summed E-state index contributed by atoms with van der Waals surface area (Å²) in [5.74, 6) is 0. The Morgan fingerprint density at radius 3 is 2.82 bits per heavy atom. The predicted octanol–water partition coefficient (Wildman–Crippen LogP) is 1.17. The van der Waals surface area contributed by atoms with Gasteiger partial charge in [0.05, 0.1) is 6.20 Å². The summed E-state index contributed by atoms with van der Waals surface area (Å²) in [6, 6.07) is 0.818. The molecule has 96 valence electrons. The van der Waals surface area contributed by atoms with Crippen molar-refractivity contribution in [3.8, 4) is 0 Å². The fourth-order valence-corrected chi connectivity index (χ4v) is 2.40. The molecular formula is C13H24N4. The SMILES string of the molecule is Cn1cc(CCN(CCCN)C2CCC2)cn1. The van der Waals surface area contributed by atoms with Crippen LogP contribution in [0.1, 0.15) is 31.2 Å². The third-order valence-corrected chi connectivity index (χ3v) is 3.69. The van der Waals surface area contributed by atoms with Crippen LogP contribution < -0.4 is 5.73 Å². The zero-order valence-electron chi connectivity index (χ0n) is 10.8. The van der Waals surface area contributed by atoms with E-state index in [1.165, 1.54) is 24.8 Å². The van der Waals surface area contributed by atoms with E-state index in [0.29, 0.717) is 0 Å². The molecule has 0 spiro atoms. The lowest BCUT2D eigenvalue weighted by Crippen LogP contribution is -2.42. The zero-order valence-corrected chi connectivity index (χ0v) is 10.8. The van der Waals surface area contributed by atoms with E-state index in [-0.39, 0.29) is 0 Å². The lowest BCUT2D eigenvalue weighted by molar-refractivity contribution is 0.128. The fraction of sp³-hybridized carbons (Fsp3) is 0.769. The van der Waals surface area contributed by atoms with Gasteiger partial charge in [0.15, 0.2) is 0 Å². The van der Waals surface area contributed by atoms with Gasteiger partial charge >= 0.3 is 0 Å². The number of hydrogen-bond donors (Lipinski definition) is 1. The average Bonchev–Trinajstić information content (AvgIpc) is 2.65. The smallest absolute Gasteiger partial charge is 0.0522 e. The largest absolute Gasteiger partial charge is 0.330 e. The fourth-order valence-electron chi connectivity index (χ4n) is 2.40. The van der Waals surface area contributed by atoms with E-state index in [2.05, 4.69) is 16.2 Å². The van der Waals surface area contributed by atoms with Gasteiger partial charge in [0.1, 0.15) is 0 Å². The zero-order chi connectivity index (χ0) is 12.1. The van der Waals surface area contributed by atoms with Crippen molar-refractivity contribution in [2.24, 2.45) is 12.8 Å². The molecule has 1 aromatic heterocycles. The van der Waals surface area contributed by atoms with E-state index in [1.54, 1.807) is 0 Å². The van der Waals surface area contributed by atoms with Gasteiger partial charge in [-0.3, -0.25) is 4.68 Å². The molecule has 1 aliphatic rings. The molecule has 0 radical (unpaired) electrons. The van der Waals surface area contributed by atoms with Gasteiger partial charge in [-0.25, -0.2) is 0 Å².